The van der Waals surface area contributed by atoms with Gasteiger partial charge in [-0.3, -0.25) is 0 Å². The summed E-state index contributed by atoms with van der Waals surface area (Å²) in [5.41, 5.74) is 1.20. The van der Waals surface area contributed by atoms with Crippen molar-refractivity contribution in [2.75, 3.05) is 0 Å². The van der Waals surface area contributed by atoms with Gasteiger partial charge in [-0.1, -0.05) is 11.6 Å². The predicted octanol–water partition coefficient (Wildman–Crippen LogP) is 2.09. The summed E-state index contributed by atoms with van der Waals surface area (Å²) in [7, 11) is 0. The molecule has 2 rings (SSSR count). The molecule has 0 saturated carbocycles. The number of hydrogen-bond donors (Lipinski definition) is 1. The van der Waals surface area contributed by atoms with Crippen LogP contribution >= 0.6 is 11.6 Å². The average molecular weight is 178 g/mol. The third kappa shape index (κ3) is 0.858. The van der Waals surface area contributed by atoms with E-state index in [1.54, 1.807) is 18.5 Å². The molecule has 0 radical (unpaired) electrons. The van der Waals surface area contributed by atoms with Gasteiger partial charge in [0.25, 0.3) is 0 Å². The third-order valence-electron chi connectivity index (χ3n) is 1.65. The van der Waals surface area contributed by atoms with Gasteiger partial charge in [0.1, 0.15) is 11.7 Å². The second kappa shape index (κ2) is 2.50. The van der Waals surface area contributed by atoms with Gasteiger partial charge >= 0.3 is 0 Å². The Morgan fingerprint density at radius 2 is 2.42 bits per heavy atom. The maximum Gasteiger partial charge on any atom is 0.140 e. The van der Waals surface area contributed by atoms with Gasteiger partial charge < -0.3 is 4.98 Å². The minimum absolute atomic E-state index is 0.537. The van der Waals surface area contributed by atoms with Crippen LogP contribution in [-0.4, -0.2) is 9.97 Å². The molecule has 2 aromatic heterocycles. The first kappa shape index (κ1) is 7.14. The molecule has 2 heterocycles. The van der Waals surface area contributed by atoms with E-state index in [1.807, 2.05) is 0 Å². The Morgan fingerprint density at radius 1 is 1.58 bits per heavy atom. The van der Waals surface area contributed by atoms with Crippen molar-refractivity contribution in [1.29, 1.82) is 5.26 Å². The van der Waals surface area contributed by atoms with Crippen LogP contribution in [0.3, 0.4) is 0 Å². The van der Waals surface area contributed by atoms with Gasteiger partial charge in [0.05, 0.1) is 16.0 Å². The zero-order chi connectivity index (χ0) is 8.55. The van der Waals surface area contributed by atoms with Crippen LogP contribution in [0.15, 0.2) is 18.5 Å². The van der Waals surface area contributed by atoms with E-state index >= 15 is 0 Å². The predicted molar refractivity (Wildman–Crippen MR) is 45.8 cm³/mol. The topological polar surface area (TPSA) is 52.5 Å². The Hall–Kier alpha value is -1.53. The molecule has 0 saturated heterocycles. The van der Waals surface area contributed by atoms with Crippen molar-refractivity contribution in [3.63, 3.8) is 0 Å². The SMILES string of the molecule is N#Cc1ccnc2[nH]cc(Cl)c12. The van der Waals surface area contributed by atoms with Crippen molar-refractivity contribution >= 4 is 22.6 Å². The summed E-state index contributed by atoms with van der Waals surface area (Å²) in [5, 5.41) is 9.96. The van der Waals surface area contributed by atoms with Gasteiger partial charge in [0.15, 0.2) is 0 Å². The van der Waals surface area contributed by atoms with E-state index in [-0.39, 0.29) is 0 Å². The molecule has 0 fully saturated rings. The van der Waals surface area contributed by atoms with Crippen LogP contribution in [0.4, 0.5) is 0 Å². The van der Waals surface area contributed by atoms with Crippen LogP contribution in [0.5, 0.6) is 0 Å². The highest BCUT2D eigenvalue weighted by Gasteiger charge is 2.06. The number of nitrogens with zero attached hydrogens (tertiary/aromatic N) is 2. The molecule has 0 amide bonds. The van der Waals surface area contributed by atoms with E-state index in [9.17, 15) is 0 Å². The second-order valence-electron chi connectivity index (χ2n) is 2.33. The lowest BCUT2D eigenvalue weighted by atomic mass is 10.2. The number of nitrogens with one attached hydrogen (secondary N) is 1. The van der Waals surface area contributed by atoms with E-state index in [4.69, 9.17) is 16.9 Å². The second-order valence-corrected chi connectivity index (χ2v) is 2.74. The summed E-state index contributed by atoms with van der Waals surface area (Å²) < 4.78 is 0. The quantitative estimate of drug-likeness (QED) is 0.670. The van der Waals surface area contributed by atoms with Crippen LogP contribution in [0.1, 0.15) is 5.56 Å². The van der Waals surface area contributed by atoms with Crippen molar-refractivity contribution in [2.45, 2.75) is 0 Å². The zero-order valence-electron chi connectivity index (χ0n) is 6.00. The fraction of sp³-hybridized carbons (Fsp3) is 0. The van der Waals surface area contributed by atoms with Crippen LogP contribution in [0, 0.1) is 11.3 Å². The molecule has 12 heavy (non-hydrogen) atoms. The molecule has 4 heteroatoms. The first-order valence-corrected chi connectivity index (χ1v) is 3.72. The third-order valence-corrected chi connectivity index (χ3v) is 1.94. The molecule has 0 spiro atoms. The first-order valence-electron chi connectivity index (χ1n) is 3.34. The lowest BCUT2D eigenvalue weighted by Gasteiger charge is -1.91. The van der Waals surface area contributed by atoms with E-state index < -0.39 is 0 Å². The molecular formula is C8H4ClN3. The molecule has 0 bridgehead atoms. The molecule has 0 aromatic carbocycles. The summed E-state index contributed by atoms with van der Waals surface area (Å²) >= 11 is 5.83. The Labute approximate surface area is 73.6 Å². The van der Waals surface area contributed by atoms with Crippen molar-refractivity contribution in [2.24, 2.45) is 0 Å². The first-order chi connectivity index (χ1) is 5.83. The minimum atomic E-state index is 0.537. The van der Waals surface area contributed by atoms with Gasteiger partial charge in [-0.2, -0.15) is 5.26 Å². The standard InChI is InChI=1S/C8H4ClN3/c9-6-4-12-8-7(6)5(3-10)1-2-11-8/h1-2,4H,(H,11,12). The number of pyridine rings is 1. The van der Waals surface area contributed by atoms with Crippen LogP contribution < -0.4 is 0 Å². The average Bonchev–Trinajstić information content (AvgIpc) is 2.48. The molecule has 58 valence electrons. The van der Waals surface area contributed by atoms with Crippen LogP contribution in [0.25, 0.3) is 11.0 Å². The molecule has 0 unspecified atom stereocenters. The van der Waals surface area contributed by atoms with Crippen LogP contribution in [0.2, 0.25) is 5.02 Å². The monoisotopic (exact) mass is 177 g/mol. The summed E-state index contributed by atoms with van der Waals surface area (Å²) in [4.78, 5) is 6.89. The molecule has 0 aliphatic carbocycles. The fourth-order valence-electron chi connectivity index (χ4n) is 1.11. The highest BCUT2D eigenvalue weighted by Crippen LogP contribution is 2.23. The maximum absolute atomic E-state index is 8.73. The maximum atomic E-state index is 8.73. The van der Waals surface area contributed by atoms with E-state index in [0.717, 1.165) is 0 Å². The molecule has 0 aliphatic rings. The molecule has 2 aromatic rings. The van der Waals surface area contributed by atoms with E-state index in [1.165, 1.54) is 0 Å². The number of aromatic nitrogens is 2. The summed E-state index contributed by atoms with van der Waals surface area (Å²) in [5.74, 6) is 0. The summed E-state index contributed by atoms with van der Waals surface area (Å²) in [6.45, 7) is 0. The zero-order valence-corrected chi connectivity index (χ0v) is 6.76. The van der Waals surface area contributed by atoms with Crippen LogP contribution in [-0.2, 0) is 0 Å². The Kier molecular flexibility index (Phi) is 1.49. The van der Waals surface area contributed by atoms with Crippen molar-refractivity contribution in [1.82, 2.24) is 9.97 Å². The number of fused-ring (bicyclic) bond motifs is 1. The number of aromatic amines is 1. The molecule has 1 N–H and O–H groups in total. The Bertz CT molecular complexity index is 467. The van der Waals surface area contributed by atoms with Crippen molar-refractivity contribution in [3.8, 4) is 6.07 Å². The van der Waals surface area contributed by atoms with Gasteiger partial charge in [0.2, 0.25) is 0 Å². The molecular weight excluding hydrogens is 174 g/mol. The highest BCUT2D eigenvalue weighted by atomic mass is 35.5. The smallest absolute Gasteiger partial charge is 0.140 e. The summed E-state index contributed by atoms with van der Waals surface area (Å²) in [6, 6.07) is 3.69. The minimum Gasteiger partial charge on any atom is -0.345 e. The number of rotatable bonds is 0. The highest BCUT2D eigenvalue weighted by molar-refractivity contribution is 6.35. The lowest BCUT2D eigenvalue weighted by molar-refractivity contribution is 1.32. The summed E-state index contributed by atoms with van der Waals surface area (Å²) in [6.07, 6.45) is 3.20. The van der Waals surface area contributed by atoms with Gasteiger partial charge in [-0.15, -0.1) is 0 Å². The molecule has 0 aliphatic heterocycles. The Morgan fingerprint density at radius 3 is 3.17 bits per heavy atom. The molecule has 0 atom stereocenters. The van der Waals surface area contributed by atoms with Gasteiger partial charge in [-0.25, -0.2) is 4.98 Å². The van der Waals surface area contributed by atoms with E-state index in [0.29, 0.717) is 21.6 Å². The molecule has 3 nitrogen and oxygen atoms in total. The van der Waals surface area contributed by atoms with Crippen molar-refractivity contribution < 1.29 is 0 Å². The fourth-order valence-corrected chi connectivity index (χ4v) is 1.36. The van der Waals surface area contributed by atoms with Gasteiger partial charge in [0, 0.05) is 12.4 Å². The lowest BCUT2D eigenvalue weighted by Crippen LogP contribution is -1.79. The number of H-pyrrole nitrogens is 1. The number of halogens is 1. The van der Waals surface area contributed by atoms with Gasteiger partial charge in [-0.05, 0) is 6.07 Å². The normalized spacial score (nSPS) is 10.0. The number of nitriles is 1. The van der Waals surface area contributed by atoms with Crippen molar-refractivity contribution in [3.05, 3.63) is 29.0 Å². The van der Waals surface area contributed by atoms with E-state index in [2.05, 4.69) is 16.0 Å². The number of hydrogen-bond acceptors (Lipinski definition) is 2. The Balaban J connectivity index is 2.96. The largest absolute Gasteiger partial charge is 0.345 e.